The van der Waals surface area contributed by atoms with Crippen LogP contribution in [0.1, 0.15) is 42.4 Å². The van der Waals surface area contributed by atoms with Gasteiger partial charge in [0.25, 0.3) is 0 Å². The van der Waals surface area contributed by atoms with Crippen molar-refractivity contribution in [3.63, 3.8) is 0 Å². The third kappa shape index (κ3) is 4.85. The van der Waals surface area contributed by atoms with E-state index in [1.807, 2.05) is 24.1 Å². The number of likely N-dealkylation sites (tertiary alicyclic amines) is 1. The molecule has 0 aromatic heterocycles. The van der Waals surface area contributed by atoms with E-state index < -0.39 is 0 Å². The Hall–Kier alpha value is -2.33. The zero-order valence-corrected chi connectivity index (χ0v) is 15.4. The number of nitrogens with one attached hydrogen (secondary N) is 1. The summed E-state index contributed by atoms with van der Waals surface area (Å²) in [6, 6.07) is 18.8. The molecule has 1 amide bonds. The Balaban J connectivity index is 1.74. The Morgan fingerprint density at radius 1 is 1.23 bits per heavy atom. The van der Waals surface area contributed by atoms with E-state index in [1.165, 1.54) is 11.1 Å². The van der Waals surface area contributed by atoms with Crippen LogP contribution in [0.4, 0.5) is 0 Å². The zero-order valence-electron chi connectivity index (χ0n) is 15.4. The number of carbonyl (C=O) groups is 1. The molecule has 138 valence electrons. The number of hydrogen-bond acceptors (Lipinski definition) is 3. The van der Waals surface area contributed by atoms with Crippen LogP contribution in [0, 0.1) is 0 Å². The number of amides is 1. The van der Waals surface area contributed by atoms with Crippen LogP contribution in [-0.2, 0) is 4.79 Å². The first-order chi connectivity index (χ1) is 12.8. The third-order valence-electron chi connectivity index (χ3n) is 5.04. The molecule has 26 heavy (non-hydrogen) atoms. The molecule has 1 N–H and O–H groups in total. The normalized spacial score (nSPS) is 18.3. The number of rotatable bonds is 8. The largest absolute Gasteiger partial charge is 0.486 e. The van der Waals surface area contributed by atoms with Crippen molar-refractivity contribution in [1.82, 2.24) is 10.2 Å². The summed E-state index contributed by atoms with van der Waals surface area (Å²) < 4.78 is 6.36. The number of ether oxygens (including phenoxy) is 1. The van der Waals surface area contributed by atoms with Gasteiger partial charge in [-0.05, 0) is 49.7 Å². The molecule has 2 unspecified atom stereocenters. The minimum Gasteiger partial charge on any atom is -0.486 e. The molecule has 1 aliphatic heterocycles. The minimum atomic E-state index is 0.0247. The second-order valence-corrected chi connectivity index (χ2v) is 6.92. The number of hydrogen-bond donors (Lipinski definition) is 1. The van der Waals surface area contributed by atoms with E-state index in [0.717, 1.165) is 51.1 Å². The van der Waals surface area contributed by atoms with Crippen molar-refractivity contribution in [3.8, 4) is 5.75 Å². The maximum Gasteiger partial charge on any atom is 0.209 e. The van der Waals surface area contributed by atoms with Gasteiger partial charge in [-0.25, -0.2) is 0 Å². The van der Waals surface area contributed by atoms with Gasteiger partial charge in [-0.1, -0.05) is 42.5 Å². The first kappa shape index (κ1) is 18.5. The zero-order chi connectivity index (χ0) is 18.2. The van der Waals surface area contributed by atoms with Crippen molar-refractivity contribution >= 4 is 6.41 Å². The lowest BCUT2D eigenvalue weighted by Gasteiger charge is -2.30. The second kappa shape index (κ2) is 9.39. The van der Waals surface area contributed by atoms with Crippen molar-refractivity contribution < 1.29 is 9.53 Å². The van der Waals surface area contributed by atoms with Crippen LogP contribution in [0.5, 0.6) is 5.75 Å². The molecule has 0 aliphatic carbocycles. The maximum absolute atomic E-state index is 11.1. The summed E-state index contributed by atoms with van der Waals surface area (Å²) in [6.07, 6.45) is 4.08. The standard InChI is InChI=1S/C22H28N2O2/c1-23-13-12-22(18-7-3-2-4-8-18)26-21-11-5-9-19(15-21)20-10-6-14-24(16-20)17-25/h2-5,7-9,11,15,17,20,22-23H,6,10,12-14,16H2,1H3. The fourth-order valence-corrected chi connectivity index (χ4v) is 3.62. The molecular formula is C22H28N2O2. The molecule has 2 aromatic carbocycles. The Labute approximate surface area is 156 Å². The van der Waals surface area contributed by atoms with Gasteiger partial charge in [0.1, 0.15) is 11.9 Å². The van der Waals surface area contributed by atoms with Crippen LogP contribution in [0.25, 0.3) is 0 Å². The monoisotopic (exact) mass is 352 g/mol. The Morgan fingerprint density at radius 2 is 2.08 bits per heavy atom. The molecule has 2 atom stereocenters. The van der Waals surface area contributed by atoms with Crippen LogP contribution in [0.15, 0.2) is 54.6 Å². The van der Waals surface area contributed by atoms with E-state index in [-0.39, 0.29) is 6.10 Å². The van der Waals surface area contributed by atoms with Gasteiger partial charge in [0.15, 0.2) is 0 Å². The summed E-state index contributed by atoms with van der Waals surface area (Å²) in [5.74, 6) is 1.29. The van der Waals surface area contributed by atoms with Crippen molar-refractivity contribution in [3.05, 3.63) is 65.7 Å². The molecule has 0 spiro atoms. The molecule has 2 aromatic rings. The summed E-state index contributed by atoms with van der Waals surface area (Å²) in [5.41, 5.74) is 2.45. The van der Waals surface area contributed by atoms with Gasteiger partial charge in [0.2, 0.25) is 6.41 Å². The predicted octanol–water partition coefficient (Wildman–Crippen LogP) is 3.75. The topological polar surface area (TPSA) is 41.6 Å². The smallest absolute Gasteiger partial charge is 0.209 e. The Morgan fingerprint density at radius 3 is 2.85 bits per heavy atom. The molecule has 4 nitrogen and oxygen atoms in total. The average molecular weight is 352 g/mol. The minimum absolute atomic E-state index is 0.0247. The highest BCUT2D eigenvalue weighted by Gasteiger charge is 2.21. The van der Waals surface area contributed by atoms with Crippen LogP contribution >= 0.6 is 0 Å². The van der Waals surface area contributed by atoms with E-state index in [1.54, 1.807) is 0 Å². The predicted molar refractivity (Wildman–Crippen MR) is 104 cm³/mol. The molecule has 1 saturated heterocycles. The number of nitrogens with zero attached hydrogens (tertiary/aromatic N) is 1. The average Bonchev–Trinajstić information content (AvgIpc) is 2.72. The molecule has 1 heterocycles. The fraction of sp³-hybridized carbons (Fsp3) is 0.409. The van der Waals surface area contributed by atoms with Gasteiger partial charge in [-0.3, -0.25) is 4.79 Å². The number of benzene rings is 2. The molecule has 0 saturated carbocycles. The van der Waals surface area contributed by atoms with Gasteiger partial charge >= 0.3 is 0 Å². The van der Waals surface area contributed by atoms with Crippen molar-refractivity contribution in [2.75, 3.05) is 26.7 Å². The van der Waals surface area contributed by atoms with Crippen molar-refractivity contribution in [2.24, 2.45) is 0 Å². The van der Waals surface area contributed by atoms with E-state index in [0.29, 0.717) is 5.92 Å². The van der Waals surface area contributed by atoms with Crippen molar-refractivity contribution in [2.45, 2.75) is 31.3 Å². The highest BCUT2D eigenvalue weighted by atomic mass is 16.5. The summed E-state index contributed by atoms with van der Waals surface area (Å²) in [7, 11) is 1.96. The van der Waals surface area contributed by atoms with E-state index >= 15 is 0 Å². The Kier molecular flexibility index (Phi) is 6.67. The highest BCUT2D eigenvalue weighted by molar-refractivity contribution is 5.47. The van der Waals surface area contributed by atoms with Gasteiger partial charge in [0.05, 0.1) is 0 Å². The quantitative estimate of drug-likeness (QED) is 0.736. The van der Waals surface area contributed by atoms with Crippen LogP contribution in [-0.4, -0.2) is 38.0 Å². The molecule has 1 fully saturated rings. The van der Waals surface area contributed by atoms with Crippen LogP contribution in [0.2, 0.25) is 0 Å². The van der Waals surface area contributed by atoms with Gasteiger partial charge < -0.3 is 15.0 Å². The molecule has 3 rings (SSSR count). The first-order valence-electron chi connectivity index (χ1n) is 9.45. The summed E-state index contributed by atoms with van der Waals surface area (Å²) >= 11 is 0. The molecular weight excluding hydrogens is 324 g/mol. The van der Waals surface area contributed by atoms with E-state index in [4.69, 9.17) is 4.74 Å². The molecule has 0 bridgehead atoms. The van der Waals surface area contributed by atoms with E-state index in [9.17, 15) is 4.79 Å². The molecule has 0 radical (unpaired) electrons. The van der Waals surface area contributed by atoms with Gasteiger partial charge in [0, 0.05) is 25.4 Å². The van der Waals surface area contributed by atoms with Crippen LogP contribution in [0.3, 0.4) is 0 Å². The molecule has 4 heteroatoms. The summed E-state index contributed by atoms with van der Waals surface area (Å²) in [5, 5.41) is 3.21. The Bertz CT molecular complexity index is 690. The highest BCUT2D eigenvalue weighted by Crippen LogP contribution is 2.31. The summed E-state index contributed by atoms with van der Waals surface area (Å²) in [4.78, 5) is 13.0. The van der Waals surface area contributed by atoms with Gasteiger partial charge in [-0.2, -0.15) is 0 Å². The molecule has 1 aliphatic rings. The number of carbonyl (C=O) groups excluding carboxylic acids is 1. The summed E-state index contributed by atoms with van der Waals surface area (Å²) in [6.45, 7) is 2.57. The lowest BCUT2D eigenvalue weighted by molar-refractivity contribution is -0.119. The van der Waals surface area contributed by atoms with Gasteiger partial charge in [-0.15, -0.1) is 0 Å². The lowest BCUT2D eigenvalue weighted by Crippen LogP contribution is -2.33. The van der Waals surface area contributed by atoms with E-state index in [2.05, 4.69) is 47.8 Å². The first-order valence-corrected chi connectivity index (χ1v) is 9.45. The maximum atomic E-state index is 11.1. The van der Waals surface area contributed by atoms with Crippen molar-refractivity contribution in [1.29, 1.82) is 0 Å². The second-order valence-electron chi connectivity index (χ2n) is 6.92. The third-order valence-corrected chi connectivity index (χ3v) is 5.04. The van der Waals surface area contributed by atoms with Crippen LogP contribution < -0.4 is 10.1 Å². The fourth-order valence-electron chi connectivity index (χ4n) is 3.62. The number of piperidine rings is 1. The lowest BCUT2D eigenvalue weighted by atomic mass is 9.91. The SMILES string of the molecule is CNCCC(Oc1cccc(C2CCCN(C=O)C2)c1)c1ccccc1.